The van der Waals surface area contributed by atoms with Crippen LogP contribution in [0.25, 0.3) is 0 Å². The molecule has 2 aromatic rings. The van der Waals surface area contributed by atoms with Crippen LogP contribution in [-0.2, 0) is 10.1 Å². The number of nitrogens with zero attached hydrogens (tertiary/aromatic N) is 1. The van der Waals surface area contributed by atoms with Gasteiger partial charge in [0.05, 0.1) is 7.11 Å². The maximum absolute atomic E-state index is 11.9. The molecule has 0 aliphatic carbocycles. The summed E-state index contributed by atoms with van der Waals surface area (Å²) in [6, 6.07) is 7.66. The van der Waals surface area contributed by atoms with Crippen LogP contribution in [-0.4, -0.2) is 30.5 Å². The molecule has 0 saturated heterocycles. The van der Waals surface area contributed by atoms with Crippen molar-refractivity contribution >= 4 is 10.1 Å². The molecule has 0 saturated carbocycles. The van der Waals surface area contributed by atoms with E-state index in [2.05, 4.69) is 4.28 Å². The van der Waals surface area contributed by atoms with Crippen LogP contribution >= 0.6 is 0 Å². The summed E-state index contributed by atoms with van der Waals surface area (Å²) in [4.78, 5) is -0.138. The second-order valence-electron chi connectivity index (χ2n) is 3.55. The van der Waals surface area contributed by atoms with Crippen LogP contribution in [0.3, 0.4) is 0 Å². The van der Waals surface area contributed by atoms with Gasteiger partial charge in [0.2, 0.25) is 11.8 Å². The van der Waals surface area contributed by atoms with Gasteiger partial charge in [-0.2, -0.15) is 8.42 Å². The first-order valence-electron chi connectivity index (χ1n) is 5.13. The van der Waals surface area contributed by atoms with Crippen LogP contribution in [0.2, 0.25) is 0 Å². The van der Waals surface area contributed by atoms with Crippen molar-refractivity contribution in [2.24, 2.45) is 0 Å². The first kappa shape index (κ1) is 13.1. The van der Waals surface area contributed by atoms with Crippen molar-refractivity contribution in [2.75, 3.05) is 7.11 Å². The molecule has 2 N–H and O–H groups in total. The quantitative estimate of drug-likeness (QED) is 0.859. The minimum Gasteiger partial charge on any atom is -0.497 e. The minimum absolute atomic E-state index is 0.138. The molecule has 0 atom stereocenters. The molecule has 0 amide bonds. The van der Waals surface area contributed by atoms with Crippen molar-refractivity contribution in [3.8, 4) is 17.5 Å². The molecule has 1 aromatic carbocycles. The van der Waals surface area contributed by atoms with Crippen molar-refractivity contribution in [3.63, 3.8) is 0 Å². The predicted octanol–water partition coefficient (Wildman–Crippen LogP) is 0.725. The van der Waals surface area contributed by atoms with E-state index < -0.39 is 21.9 Å². The van der Waals surface area contributed by atoms with E-state index in [1.54, 1.807) is 0 Å². The van der Waals surface area contributed by atoms with Crippen LogP contribution < -0.4 is 9.02 Å². The lowest BCUT2D eigenvalue weighted by atomic mass is 10.3. The third-order valence-corrected chi connectivity index (χ3v) is 3.51. The molecule has 0 bridgehead atoms. The Balaban J connectivity index is 2.32. The zero-order valence-electron chi connectivity index (χ0n) is 9.85. The van der Waals surface area contributed by atoms with E-state index in [4.69, 9.17) is 4.74 Å². The number of aromatic nitrogens is 1. The molecule has 0 unspecified atom stereocenters. The highest BCUT2D eigenvalue weighted by Crippen LogP contribution is 2.22. The fraction of sp³-hybridized carbons (Fsp3) is 0.0909. The fourth-order valence-corrected chi connectivity index (χ4v) is 2.27. The van der Waals surface area contributed by atoms with Gasteiger partial charge in [0, 0.05) is 12.1 Å². The first-order chi connectivity index (χ1) is 8.94. The van der Waals surface area contributed by atoms with Crippen molar-refractivity contribution in [3.05, 3.63) is 36.4 Å². The van der Waals surface area contributed by atoms with E-state index in [-0.39, 0.29) is 4.90 Å². The number of methoxy groups -OCH3 is 1. The highest BCUT2D eigenvalue weighted by atomic mass is 32.2. The number of hydrogen-bond acceptors (Lipinski definition) is 6. The standard InChI is InChI=1S/C11H11NO6S/c1-17-8-2-4-9(5-3-8)19(15,16)18-12-10(13)6-7-11(12)14/h2-7,13-14H,1H3. The summed E-state index contributed by atoms with van der Waals surface area (Å²) in [5.74, 6) is -0.574. The summed E-state index contributed by atoms with van der Waals surface area (Å²) < 4.78 is 33.7. The summed E-state index contributed by atoms with van der Waals surface area (Å²) in [6.45, 7) is 0. The van der Waals surface area contributed by atoms with Crippen molar-refractivity contribution in [1.29, 1.82) is 0 Å². The lowest BCUT2D eigenvalue weighted by molar-refractivity contribution is 0.203. The van der Waals surface area contributed by atoms with Crippen LogP contribution in [0.5, 0.6) is 17.5 Å². The molecule has 2 rings (SSSR count). The highest BCUT2D eigenvalue weighted by molar-refractivity contribution is 7.87. The van der Waals surface area contributed by atoms with E-state index in [1.165, 1.54) is 31.4 Å². The van der Waals surface area contributed by atoms with Crippen LogP contribution in [0.1, 0.15) is 0 Å². The smallest absolute Gasteiger partial charge is 0.357 e. The Hall–Kier alpha value is -2.35. The average Bonchev–Trinajstić information content (AvgIpc) is 2.70. The summed E-state index contributed by atoms with van der Waals surface area (Å²) in [5, 5.41) is 18.6. The van der Waals surface area contributed by atoms with Gasteiger partial charge in [0.25, 0.3) is 0 Å². The topological polar surface area (TPSA) is 98.0 Å². The third kappa shape index (κ3) is 2.58. The lowest BCUT2D eigenvalue weighted by Crippen LogP contribution is -2.19. The highest BCUT2D eigenvalue weighted by Gasteiger charge is 2.20. The fourth-order valence-electron chi connectivity index (χ4n) is 1.36. The van der Waals surface area contributed by atoms with Gasteiger partial charge in [0.15, 0.2) is 0 Å². The van der Waals surface area contributed by atoms with E-state index in [9.17, 15) is 18.6 Å². The summed E-state index contributed by atoms with van der Waals surface area (Å²) in [5.41, 5.74) is 0. The van der Waals surface area contributed by atoms with E-state index in [1.807, 2.05) is 0 Å². The van der Waals surface area contributed by atoms with Gasteiger partial charge in [-0.05, 0) is 24.3 Å². The maximum Gasteiger partial charge on any atom is 0.357 e. The molecular formula is C11H11NO6S. The van der Waals surface area contributed by atoms with E-state index in [0.717, 1.165) is 12.1 Å². The molecule has 0 fully saturated rings. The average molecular weight is 285 g/mol. The van der Waals surface area contributed by atoms with Gasteiger partial charge >= 0.3 is 10.1 Å². The van der Waals surface area contributed by atoms with Crippen molar-refractivity contribution < 1.29 is 27.7 Å². The zero-order valence-corrected chi connectivity index (χ0v) is 10.7. The van der Waals surface area contributed by atoms with Crippen molar-refractivity contribution in [2.45, 2.75) is 4.90 Å². The summed E-state index contributed by atoms with van der Waals surface area (Å²) >= 11 is 0. The predicted molar refractivity (Wildman–Crippen MR) is 64.5 cm³/mol. The molecule has 0 aliphatic heterocycles. The van der Waals surface area contributed by atoms with E-state index >= 15 is 0 Å². The number of ether oxygens (including phenoxy) is 1. The molecule has 0 aliphatic rings. The van der Waals surface area contributed by atoms with Gasteiger partial charge in [-0.3, -0.25) is 4.28 Å². The Labute approximate surface area is 109 Å². The lowest BCUT2D eigenvalue weighted by Gasteiger charge is -2.09. The first-order valence-corrected chi connectivity index (χ1v) is 6.53. The molecule has 7 nitrogen and oxygen atoms in total. The van der Waals surface area contributed by atoms with Gasteiger partial charge < -0.3 is 14.9 Å². The number of hydrogen-bond donors (Lipinski definition) is 2. The molecular weight excluding hydrogens is 274 g/mol. The van der Waals surface area contributed by atoms with Crippen LogP contribution in [0.4, 0.5) is 0 Å². The van der Waals surface area contributed by atoms with E-state index in [0.29, 0.717) is 10.5 Å². The maximum atomic E-state index is 11.9. The Morgan fingerprint density at radius 2 is 1.53 bits per heavy atom. The van der Waals surface area contributed by atoms with Crippen molar-refractivity contribution in [1.82, 2.24) is 4.73 Å². The molecule has 0 radical (unpaired) electrons. The van der Waals surface area contributed by atoms with Gasteiger partial charge in [-0.1, -0.05) is 4.73 Å². The number of rotatable bonds is 4. The monoisotopic (exact) mass is 285 g/mol. The summed E-state index contributed by atoms with van der Waals surface area (Å²) in [6.07, 6.45) is 0. The van der Waals surface area contributed by atoms with Gasteiger partial charge in [0.1, 0.15) is 10.6 Å². The third-order valence-electron chi connectivity index (χ3n) is 2.32. The Morgan fingerprint density at radius 3 is 2.00 bits per heavy atom. The van der Waals surface area contributed by atoms with Crippen LogP contribution in [0.15, 0.2) is 41.3 Å². The van der Waals surface area contributed by atoms with Gasteiger partial charge in [-0.25, -0.2) is 0 Å². The van der Waals surface area contributed by atoms with Crippen LogP contribution in [0, 0.1) is 0 Å². The Kier molecular flexibility index (Phi) is 3.26. The molecule has 1 aromatic heterocycles. The Morgan fingerprint density at radius 1 is 1.00 bits per heavy atom. The second kappa shape index (κ2) is 4.73. The number of benzene rings is 1. The molecule has 19 heavy (non-hydrogen) atoms. The zero-order chi connectivity index (χ0) is 14.0. The molecule has 0 spiro atoms. The summed E-state index contributed by atoms with van der Waals surface area (Å²) in [7, 11) is -2.71. The molecule has 102 valence electrons. The minimum atomic E-state index is -4.17. The van der Waals surface area contributed by atoms with Gasteiger partial charge in [-0.15, -0.1) is 0 Å². The number of aromatic hydroxyl groups is 2. The molecule has 8 heteroatoms. The molecule has 1 heterocycles. The second-order valence-corrected chi connectivity index (χ2v) is 5.08. The SMILES string of the molecule is COc1ccc(S(=O)(=O)On2c(O)ccc2O)cc1. The Bertz CT molecular complexity index is 654. The normalized spacial score (nSPS) is 11.2. The largest absolute Gasteiger partial charge is 0.497 e.